The molecule has 0 unspecified atom stereocenters. The average Bonchev–Trinajstić information content (AvgIpc) is 2.69. The van der Waals surface area contributed by atoms with Gasteiger partial charge < -0.3 is 0 Å². The number of hydrogen-bond acceptors (Lipinski definition) is 3. The Morgan fingerprint density at radius 2 is 1.50 bits per heavy atom. The van der Waals surface area contributed by atoms with Gasteiger partial charge in [0.2, 0.25) is 0 Å². The minimum Gasteiger partial charge on any atom is -0.296 e. The summed E-state index contributed by atoms with van der Waals surface area (Å²) < 4.78 is 0. The molecule has 0 aliphatic carbocycles. The monoisotopic (exact) mass is 345 g/mol. The maximum atomic E-state index is 12.6. The molecule has 0 amide bonds. The van der Waals surface area contributed by atoms with Gasteiger partial charge in [0.25, 0.3) is 0 Å². The van der Waals surface area contributed by atoms with Crippen LogP contribution in [-0.4, -0.2) is 5.78 Å². The third kappa shape index (κ3) is 5.12. The molecule has 3 heteroatoms. The van der Waals surface area contributed by atoms with Gasteiger partial charge >= 0.3 is 0 Å². The van der Waals surface area contributed by atoms with E-state index in [2.05, 4.69) is 5.48 Å². The van der Waals surface area contributed by atoms with E-state index >= 15 is 0 Å². The van der Waals surface area contributed by atoms with Crippen molar-refractivity contribution in [3.05, 3.63) is 107 Å². The first kappa shape index (κ1) is 18.1. The van der Waals surface area contributed by atoms with Crippen LogP contribution in [0, 0.1) is 6.92 Å². The zero-order valence-electron chi connectivity index (χ0n) is 14.9. The lowest BCUT2D eigenvalue weighted by molar-refractivity contribution is 0.00176. The van der Waals surface area contributed by atoms with Crippen molar-refractivity contribution in [2.45, 2.75) is 26.0 Å². The third-order valence-corrected chi connectivity index (χ3v) is 4.27. The highest BCUT2D eigenvalue weighted by Gasteiger charge is 2.17. The summed E-state index contributed by atoms with van der Waals surface area (Å²) in [4.78, 5) is 18.3. The maximum Gasteiger partial charge on any atom is 0.164 e. The van der Waals surface area contributed by atoms with Gasteiger partial charge in [-0.25, -0.2) is 0 Å². The van der Waals surface area contributed by atoms with Crippen LogP contribution in [0.2, 0.25) is 0 Å². The summed E-state index contributed by atoms with van der Waals surface area (Å²) >= 11 is 0. The predicted octanol–water partition coefficient (Wildman–Crippen LogP) is 5.03. The normalized spacial score (nSPS) is 11.9. The number of carbonyl (C=O) groups is 1. The highest BCUT2D eigenvalue weighted by molar-refractivity contribution is 5.96. The summed E-state index contributed by atoms with van der Waals surface area (Å²) in [6.07, 6.45) is 0.335. The van der Waals surface area contributed by atoms with Gasteiger partial charge in [0, 0.05) is 12.0 Å². The van der Waals surface area contributed by atoms with Gasteiger partial charge in [-0.1, -0.05) is 90.5 Å². The highest BCUT2D eigenvalue weighted by Crippen LogP contribution is 2.20. The molecule has 1 atom stereocenters. The summed E-state index contributed by atoms with van der Waals surface area (Å²) in [5, 5.41) is 0. The number of benzene rings is 3. The molecule has 3 aromatic rings. The van der Waals surface area contributed by atoms with Crippen molar-refractivity contribution in [2.75, 3.05) is 0 Å². The van der Waals surface area contributed by atoms with Crippen LogP contribution >= 0.6 is 0 Å². The molecule has 0 aromatic heterocycles. The number of carbonyl (C=O) groups excluding carboxylic acids is 1. The summed E-state index contributed by atoms with van der Waals surface area (Å²) in [6.45, 7) is 2.50. The predicted molar refractivity (Wildman–Crippen MR) is 104 cm³/mol. The third-order valence-electron chi connectivity index (χ3n) is 4.27. The van der Waals surface area contributed by atoms with Crippen LogP contribution in [0.15, 0.2) is 84.9 Å². The van der Waals surface area contributed by atoms with Gasteiger partial charge in [-0.05, 0) is 18.1 Å². The van der Waals surface area contributed by atoms with Gasteiger partial charge in [-0.2, -0.15) is 5.48 Å². The van der Waals surface area contributed by atoms with Crippen LogP contribution < -0.4 is 5.48 Å². The molecular formula is C23H23NO2. The van der Waals surface area contributed by atoms with Crippen molar-refractivity contribution in [1.82, 2.24) is 5.48 Å². The van der Waals surface area contributed by atoms with Crippen molar-refractivity contribution in [2.24, 2.45) is 0 Å². The Labute approximate surface area is 154 Å². The minimum absolute atomic E-state index is 0.0898. The van der Waals surface area contributed by atoms with Crippen LogP contribution in [0.4, 0.5) is 0 Å². The Morgan fingerprint density at radius 3 is 2.15 bits per heavy atom. The van der Waals surface area contributed by atoms with Crippen LogP contribution in [0.25, 0.3) is 0 Å². The highest BCUT2D eigenvalue weighted by atomic mass is 16.6. The number of hydroxylamine groups is 1. The van der Waals surface area contributed by atoms with Crippen molar-refractivity contribution in [1.29, 1.82) is 0 Å². The fraction of sp³-hybridized carbons (Fsp3) is 0.174. The lowest BCUT2D eigenvalue weighted by Crippen LogP contribution is -2.24. The molecule has 3 rings (SSSR count). The smallest absolute Gasteiger partial charge is 0.164 e. The van der Waals surface area contributed by atoms with E-state index in [1.807, 2.05) is 91.9 Å². The number of rotatable bonds is 8. The summed E-state index contributed by atoms with van der Waals surface area (Å²) in [7, 11) is 0. The zero-order valence-corrected chi connectivity index (χ0v) is 14.9. The molecular weight excluding hydrogens is 322 g/mol. The molecule has 0 bridgehead atoms. The Morgan fingerprint density at radius 1 is 0.885 bits per heavy atom. The first-order chi connectivity index (χ1) is 12.7. The Bertz CT molecular complexity index is 814. The Hall–Kier alpha value is -2.75. The second-order valence-electron chi connectivity index (χ2n) is 6.35. The second-order valence-corrected chi connectivity index (χ2v) is 6.35. The Kier molecular flexibility index (Phi) is 6.31. The van der Waals surface area contributed by atoms with E-state index in [-0.39, 0.29) is 11.8 Å². The van der Waals surface area contributed by atoms with E-state index in [0.717, 1.165) is 16.7 Å². The lowest BCUT2D eigenvalue weighted by atomic mass is 9.98. The summed E-state index contributed by atoms with van der Waals surface area (Å²) in [5.41, 5.74) is 7.10. The molecule has 132 valence electrons. The van der Waals surface area contributed by atoms with Crippen LogP contribution in [0.3, 0.4) is 0 Å². The number of hydrogen-bond donors (Lipinski definition) is 1. The molecule has 0 radical (unpaired) electrons. The number of nitrogens with one attached hydrogen (secondary N) is 1. The molecule has 0 spiro atoms. The number of ketones is 1. The molecule has 0 heterocycles. The van der Waals surface area contributed by atoms with E-state index in [1.54, 1.807) is 0 Å². The fourth-order valence-electron chi connectivity index (χ4n) is 2.75. The van der Waals surface area contributed by atoms with Gasteiger partial charge in [0.05, 0.1) is 12.6 Å². The summed E-state index contributed by atoms with van der Waals surface area (Å²) in [5.74, 6) is 0.0898. The van der Waals surface area contributed by atoms with Crippen molar-refractivity contribution >= 4 is 5.78 Å². The lowest BCUT2D eigenvalue weighted by Gasteiger charge is -2.19. The molecule has 0 fully saturated rings. The quantitative estimate of drug-likeness (QED) is 0.460. The molecule has 0 saturated carbocycles. The first-order valence-electron chi connectivity index (χ1n) is 8.78. The van der Waals surface area contributed by atoms with Gasteiger partial charge in [-0.15, -0.1) is 0 Å². The van der Waals surface area contributed by atoms with Gasteiger partial charge in [-0.3, -0.25) is 9.63 Å². The first-order valence-corrected chi connectivity index (χ1v) is 8.78. The molecule has 1 N–H and O–H groups in total. The van der Waals surface area contributed by atoms with Gasteiger partial charge in [0.15, 0.2) is 5.78 Å². The number of Topliss-reactive ketones (excluding diaryl/α,β-unsaturated/α-hetero) is 1. The van der Waals surface area contributed by atoms with E-state index in [9.17, 15) is 4.79 Å². The SMILES string of the molecule is Cc1ccc([C@@H](CC(=O)c2ccccc2)NOCc2ccccc2)cc1. The Balaban J connectivity index is 1.69. The van der Waals surface area contributed by atoms with E-state index in [4.69, 9.17) is 4.84 Å². The topological polar surface area (TPSA) is 38.3 Å². The average molecular weight is 345 g/mol. The van der Waals surface area contributed by atoms with Crippen LogP contribution in [0.1, 0.15) is 39.5 Å². The van der Waals surface area contributed by atoms with Crippen LogP contribution in [0.5, 0.6) is 0 Å². The van der Waals surface area contributed by atoms with Crippen molar-refractivity contribution < 1.29 is 9.63 Å². The fourth-order valence-corrected chi connectivity index (χ4v) is 2.75. The summed E-state index contributed by atoms with van der Waals surface area (Å²) in [6, 6.07) is 27.3. The second kappa shape index (κ2) is 9.09. The largest absolute Gasteiger partial charge is 0.296 e. The molecule has 3 aromatic carbocycles. The minimum atomic E-state index is -0.202. The van der Waals surface area contributed by atoms with Crippen molar-refractivity contribution in [3.8, 4) is 0 Å². The number of aryl methyl sites for hydroxylation is 1. The standard InChI is InChI=1S/C23H23NO2/c1-18-12-14-20(15-13-18)22(16-23(25)21-10-6-3-7-11-21)24-26-17-19-8-4-2-5-9-19/h2-15,22,24H,16-17H2,1H3/t22-/m1/s1. The van der Waals surface area contributed by atoms with Gasteiger partial charge in [0.1, 0.15) is 0 Å². The molecule has 3 nitrogen and oxygen atoms in total. The molecule has 0 aliphatic heterocycles. The van der Waals surface area contributed by atoms with E-state index in [1.165, 1.54) is 5.56 Å². The molecule has 0 aliphatic rings. The van der Waals surface area contributed by atoms with Crippen LogP contribution in [-0.2, 0) is 11.4 Å². The maximum absolute atomic E-state index is 12.6. The van der Waals surface area contributed by atoms with E-state index < -0.39 is 0 Å². The zero-order chi connectivity index (χ0) is 18.2. The van der Waals surface area contributed by atoms with E-state index in [0.29, 0.717) is 13.0 Å². The van der Waals surface area contributed by atoms with Crippen molar-refractivity contribution in [3.63, 3.8) is 0 Å². The molecule has 0 saturated heterocycles. The molecule has 26 heavy (non-hydrogen) atoms.